The SMILES string of the molecule is CCNC(=O)[C@H](C)[NH2+]C[C@H](c1cccc(OC)c1OC)c1c[nH]c2ccccc12. The van der Waals surface area contributed by atoms with Crippen molar-refractivity contribution >= 4 is 16.8 Å². The number of quaternary nitrogens is 1. The lowest BCUT2D eigenvalue weighted by Crippen LogP contribution is -2.92. The third kappa shape index (κ3) is 4.38. The van der Waals surface area contributed by atoms with Crippen LogP contribution in [0.25, 0.3) is 10.9 Å². The zero-order chi connectivity index (χ0) is 20.8. The molecule has 3 rings (SSSR count). The second-order valence-electron chi connectivity index (χ2n) is 7.08. The second-order valence-corrected chi connectivity index (χ2v) is 7.08. The third-order valence-electron chi connectivity index (χ3n) is 5.30. The Bertz CT molecular complexity index is 967. The van der Waals surface area contributed by atoms with Crippen molar-refractivity contribution in [2.75, 3.05) is 27.3 Å². The number of aromatic amines is 1. The van der Waals surface area contributed by atoms with Gasteiger partial charge in [-0.15, -0.1) is 0 Å². The smallest absolute Gasteiger partial charge is 0.277 e. The van der Waals surface area contributed by atoms with E-state index >= 15 is 0 Å². The maximum Gasteiger partial charge on any atom is 0.277 e. The van der Waals surface area contributed by atoms with Crippen LogP contribution >= 0.6 is 0 Å². The van der Waals surface area contributed by atoms with E-state index < -0.39 is 0 Å². The van der Waals surface area contributed by atoms with Gasteiger partial charge >= 0.3 is 0 Å². The topological polar surface area (TPSA) is 80.0 Å². The van der Waals surface area contributed by atoms with Crippen LogP contribution in [0.3, 0.4) is 0 Å². The van der Waals surface area contributed by atoms with Gasteiger partial charge in [-0.05, 0) is 31.5 Å². The Balaban J connectivity index is 2.02. The van der Waals surface area contributed by atoms with Crippen LogP contribution in [0.15, 0.2) is 48.7 Å². The normalized spacial score (nSPS) is 13.1. The standard InChI is InChI=1S/C23H29N3O3/c1-5-24-23(27)15(2)25-13-19(17-10-8-12-21(28-3)22(17)29-4)18-14-26-20-11-7-6-9-16(18)20/h6-12,14-15,19,25-26H,5,13H2,1-4H3,(H,24,27)/p+1/t15-,19+/m0/s1. The summed E-state index contributed by atoms with van der Waals surface area (Å²) in [6.07, 6.45) is 2.05. The number of rotatable bonds is 9. The van der Waals surface area contributed by atoms with Gasteiger partial charge in [0.15, 0.2) is 17.5 Å². The fourth-order valence-corrected chi connectivity index (χ4v) is 3.77. The molecule has 2 aromatic carbocycles. The molecule has 6 nitrogen and oxygen atoms in total. The number of carbonyl (C=O) groups is 1. The summed E-state index contributed by atoms with van der Waals surface area (Å²) < 4.78 is 11.2. The van der Waals surface area contributed by atoms with E-state index in [1.165, 1.54) is 10.9 Å². The van der Waals surface area contributed by atoms with E-state index in [4.69, 9.17) is 9.47 Å². The monoisotopic (exact) mass is 396 g/mol. The minimum Gasteiger partial charge on any atom is -0.493 e. The number of hydrogen-bond acceptors (Lipinski definition) is 3. The van der Waals surface area contributed by atoms with Crippen LogP contribution < -0.4 is 20.1 Å². The number of hydrogen-bond donors (Lipinski definition) is 3. The molecule has 29 heavy (non-hydrogen) atoms. The molecule has 1 aromatic heterocycles. The van der Waals surface area contributed by atoms with Gasteiger partial charge in [-0.25, -0.2) is 0 Å². The zero-order valence-corrected chi connectivity index (χ0v) is 17.5. The average Bonchev–Trinajstić information content (AvgIpc) is 3.17. The number of H-pyrrole nitrogens is 1. The molecule has 0 bridgehead atoms. The first kappa shape index (κ1) is 20.7. The third-order valence-corrected chi connectivity index (χ3v) is 5.30. The molecular formula is C23H30N3O3+. The Labute approximate surface area is 171 Å². The Morgan fingerprint density at radius 3 is 2.62 bits per heavy atom. The molecule has 3 aromatic rings. The van der Waals surface area contributed by atoms with Crippen LogP contribution in [-0.4, -0.2) is 44.2 Å². The molecule has 0 aliphatic heterocycles. The number of nitrogens with two attached hydrogens (primary N) is 1. The Hall–Kier alpha value is -2.99. The van der Waals surface area contributed by atoms with Gasteiger partial charge in [0, 0.05) is 29.2 Å². The highest BCUT2D eigenvalue weighted by molar-refractivity contribution is 5.84. The summed E-state index contributed by atoms with van der Waals surface area (Å²) in [6, 6.07) is 14.0. The van der Waals surface area contributed by atoms with Crippen LogP contribution in [0.5, 0.6) is 11.5 Å². The van der Waals surface area contributed by atoms with E-state index in [1.54, 1.807) is 14.2 Å². The molecule has 6 heteroatoms. The van der Waals surface area contributed by atoms with E-state index in [0.717, 1.165) is 16.8 Å². The van der Waals surface area contributed by atoms with Crippen LogP contribution in [0.1, 0.15) is 30.9 Å². The van der Waals surface area contributed by atoms with Gasteiger partial charge < -0.3 is 25.1 Å². The fraction of sp³-hybridized carbons (Fsp3) is 0.348. The first-order valence-electron chi connectivity index (χ1n) is 9.98. The van der Waals surface area contributed by atoms with Gasteiger partial charge in [-0.1, -0.05) is 30.3 Å². The van der Waals surface area contributed by atoms with Crippen molar-refractivity contribution < 1.29 is 19.6 Å². The van der Waals surface area contributed by atoms with Crippen molar-refractivity contribution in [3.8, 4) is 11.5 Å². The molecule has 0 spiro atoms. The van der Waals surface area contributed by atoms with Crippen molar-refractivity contribution in [3.05, 3.63) is 59.8 Å². The number of para-hydroxylation sites is 2. The number of methoxy groups -OCH3 is 2. The van der Waals surface area contributed by atoms with E-state index in [1.807, 2.05) is 38.1 Å². The van der Waals surface area contributed by atoms with Gasteiger partial charge in [-0.3, -0.25) is 4.79 Å². The molecule has 0 aliphatic carbocycles. The Morgan fingerprint density at radius 2 is 1.90 bits per heavy atom. The largest absolute Gasteiger partial charge is 0.493 e. The summed E-state index contributed by atoms with van der Waals surface area (Å²) in [7, 11) is 3.31. The number of amides is 1. The van der Waals surface area contributed by atoms with Crippen molar-refractivity contribution in [2.45, 2.75) is 25.8 Å². The summed E-state index contributed by atoms with van der Waals surface area (Å²) in [5.74, 6) is 1.49. The second kappa shape index (κ2) is 9.47. The summed E-state index contributed by atoms with van der Waals surface area (Å²) in [5.41, 5.74) is 3.30. The quantitative estimate of drug-likeness (QED) is 0.520. The molecule has 0 saturated heterocycles. The highest BCUT2D eigenvalue weighted by Gasteiger charge is 2.27. The fourth-order valence-electron chi connectivity index (χ4n) is 3.77. The molecule has 0 unspecified atom stereocenters. The van der Waals surface area contributed by atoms with Crippen LogP contribution in [0.2, 0.25) is 0 Å². The molecule has 2 atom stereocenters. The van der Waals surface area contributed by atoms with Crippen molar-refractivity contribution in [1.29, 1.82) is 0 Å². The van der Waals surface area contributed by atoms with Crippen LogP contribution in [0, 0.1) is 0 Å². The molecular weight excluding hydrogens is 366 g/mol. The highest BCUT2D eigenvalue weighted by atomic mass is 16.5. The zero-order valence-electron chi connectivity index (χ0n) is 17.5. The molecule has 0 aliphatic rings. The predicted molar refractivity (Wildman–Crippen MR) is 115 cm³/mol. The van der Waals surface area contributed by atoms with E-state index in [2.05, 4.69) is 40.0 Å². The van der Waals surface area contributed by atoms with Gasteiger partial charge in [0.05, 0.1) is 26.7 Å². The first-order valence-corrected chi connectivity index (χ1v) is 9.98. The first-order chi connectivity index (χ1) is 14.1. The number of carbonyl (C=O) groups excluding carboxylic acids is 1. The summed E-state index contributed by atoms with van der Waals surface area (Å²) in [4.78, 5) is 15.6. The van der Waals surface area contributed by atoms with Gasteiger partial charge in [-0.2, -0.15) is 0 Å². The van der Waals surface area contributed by atoms with E-state index in [0.29, 0.717) is 18.8 Å². The van der Waals surface area contributed by atoms with Crippen molar-refractivity contribution in [3.63, 3.8) is 0 Å². The van der Waals surface area contributed by atoms with E-state index in [-0.39, 0.29) is 17.9 Å². The summed E-state index contributed by atoms with van der Waals surface area (Å²) >= 11 is 0. The molecule has 0 saturated carbocycles. The maximum atomic E-state index is 12.2. The number of aromatic nitrogens is 1. The van der Waals surface area contributed by atoms with Crippen LogP contribution in [-0.2, 0) is 4.79 Å². The highest BCUT2D eigenvalue weighted by Crippen LogP contribution is 2.39. The number of nitrogens with one attached hydrogen (secondary N) is 2. The number of ether oxygens (including phenoxy) is 2. The number of likely N-dealkylation sites (N-methyl/N-ethyl adjacent to an activating group) is 1. The molecule has 1 heterocycles. The molecule has 4 N–H and O–H groups in total. The lowest BCUT2D eigenvalue weighted by atomic mass is 9.89. The minimum atomic E-state index is -0.181. The minimum absolute atomic E-state index is 0.0214. The lowest BCUT2D eigenvalue weighted by molar-refractivity contribution is -0.674. The Morgan fingerprint density at radius 1 is 1.10 bits per heavy atom. The summed E-state index contributed by atoms with van der Waals surface area (Å²) in [6.45, 7) is 5.19. The molecule has 1 amide bonds. The van der Waals surface area contributed by atoms with Crippen LogP contribution in [0.4, 0.5) is 0 Å². The molecule has 154 valence electrons. The number of benzene rings is 2. The van der Waals surface area contributed by atoms with E-state index in [9.17, 15) is 4.79 Å². The van der Waals surface area contributed by atoms with Crippen molar-refractivity contribution in [1.82, 2.24) is 10.3 Å². The molecule has 0 fully saturated rings. The average molecular weight is 397 g/mol. The van der Waals surface area contributed by atoms with Gasteiger partial charge in [0.25, 0.3) is 5.91 Å². The maximum absolute atomic E-state index is 12.2. The van der Waals surface area contributed by atoms with Gasteiger partial charge in [0.1, 0.15) is 0 Å². The van der Waals surface area contributed by atoms with Crippen molar-refractivity contribution in [2.24, 2.45) is 0 Å². The van der Waals surface area contributed by atoms with Gasteiger partial charge in [0.2, 0.25) is 0 Å². The lowest BCUT2D eigenvalue weighted by Gasteiger charge is -2.21. The number of fused-ring (bicyclic) bond motifs is 1. The Kier molecular flexibility index (Phi) is 6.77. The summed E-state index contributed by atoms with van der Waals surface area (Å²) in [5, 5.41) is 6.14. The predicted octanol–water partition coefficient (Wildman–Crippen LogP) is 2.41. The molecule has 0 radical (unpaired) electrons.